The quantitative estimate of drug-likeness (QED) is 0.798. The zero-order valence-corrected chi connectivity index (χ0v) is 13.9. The number of nitrogens with zero attached hydrogens (tertiary/aromatic N) is 1. The van der Waals surface area contributed by atoms with E-state index in [1.165, 1.54) is 6.42 Å². The number of hydrogen-bond acceptors (Lipinski definition) is 2. The first kappa shape index (κ1) is 15.1. The minimum Gasteiger partial charge on any atom is -0.337 e. The molecule has 1 unspecified atom stereocenters. The summed E-state index contributed by atoms with van der Waals surface area (Å²) in [5, 5.41) is 4.07. The number of halogens is 2. The second-order valence-electron chi connectivity index (χ2n) is 4.77. The smallest absolute Gasteiger partial charge is 0.253 e. The van der Waals surface area contributed by atoms with Gasteiger partial charge in [-0.2, -0.15) is 0 Å². The molecule has 1 aliphatic heterocycles. The Morgan fingerprint density at radius 2 is 2.37 bits per heavy atom. The number of carbonyl (C=O) groups excluding carboxylic acids is 1. The normalized spacial score (nSPS) is 18.6. The third kappa shape index (κ3) is 3.83. The molecule has 1 fully saturated rings. The van der Waals surface area contributed by atoms with E-state index in [0.717, 1.165) is 29.6 Å². The van der Waals surface area contributed by atoms with Crippen LogP contribution in [0.15, 0.2) is 18.2 Å². The maximum atomic E-state index is 12.5. The highest BCUT2D eigenvalue weighted by molar-refractivity contribution is 14.1. The van der Waals surface area contributed by atoms with Gasteiger partial charge in [0.15, 0.2) is 0 Å². The first-order valence-corrected chi connectivity index (χ1v) is 8.05. The third-order valence-electron chi connectivity index (χ3n) is 3.44. The monoisotopic (exact) mass is 392 g/mol. The second kappa shape index (κ2) is 6.90. The summed E-state index contributed by atoms with van der Waals surface area (Å²) in [6.45, 7) is 4.58. The summed E-state index contributed by atoms with van der Waals surface area (Å²) in [7, 11) is 0. The molecule has 104 valence electrons. The SMILES string of the molecule is CCN(CC1CCCN1)C(=O)c1ccc(I)c(Cl)c1. The van der Waals surface area contributed by atoms with Gasteiger partial charge in [0.2, 0.25) is 0 Å². The van der Waals surface area contributed by atoms with Crippen molar-refractivity contribution in [3.63, 3.8) is 0 Å². The lowest BCUT2D eigenvalue weighted by atomic mass is 10.1. The lowest BCUT2D eigenvalue weighted by Crippen LogP contribution is -2.41. The Labute approximate surface area is 132 Å². The van der Waals surface area contributed by atoms with E-state index >= 15 is 0 Å². The molecule has 1 heterocycles. The molecule has 1 N–H and O–H groups in total. The molecule has 0 saturated carbocycles. The molecule has 3 nitrogen and oxygen atoms in total. The van der Waals surface area contributed by atoms with E-state index < -0.39 is 0 Å². The summed E-state index contributed by atoms with van der Waals surface area (Å²) in [5.74, 6) is 0.0644. The largest absolute Gasteiger partial charge is 0.337 e. The van der Waals surface area contributed by atoms with Gasteiger partial charge >= 0.3 is 0 Å². The molecule has 1 aromatic rings. The van der Waals surface area contributed by atoms with Gasteiger partial charge in [0.05, 0.1) is 5.02 Å². The van der Waals surface area contributed by atoms with Gasteiger partial charge in [-0.1, -0.05) is 11.6 Å². The highest BCUT2D eigenvalue weighted by atomic mass is 127. The van der Waals surface area contributed by atoms with Crippen LogP contribution in [-0.2, 0) is 0 Å². The van der Waals surface area contributed by atoms with E-state index in [-0.39, 0.29) is 5.91 Å². The van der Waals surface area contributed by atoms with Crippen LogP contribution < -0.4 is 5.32 Å². The molecular weight excluding hydrogens is 375 g/mol. The van der Waals surface area contributed by atoms with Crippen LogP contribution in [-0.4, -0.2) is 36.5 Å². The van der Waals surface area contributed by atoms with Gasteiger partial charge in [0, 0.05) is 28.3 Å². The van der Waals surface area contributed by atoms with Crippen molar-refractivity contribution in [2.24, 2.45) is 0 Å². The molecule has 1 saturated heterocycles. The van der Waals surface area contributed by atoms with Gasteiger partial charge in [-0.05, 0) is 67.1 Å². The van der Waals surface area contributed by atoms with Gasteiger partial charge in [0.25, 0.3) is 5.91 Å². The van der Waals surface area contributed by atoms with Gasteiger partial charge in [-0.15, -0.1) is 0 Å². The topological polar surface area (TPSA) is 32.3 Å². The van der Waals surface area contributed by atoms with Gasteiger partial charge in [-0.25, -0.2) is 0 Å². The van der Waals surface area contributed by atoms with Crippen LogP contribution >= 0.6 is 34.2 Å². The molecule has 0 bridgehead atoms. The predicted molar refractivity (Wildman–Crippen MR) is 86.8 cm³/mol. The van der Waals surface area contributed by atoms with Crippen molar-refractivity contribution in [3.8, 4) is 0 Å². The molecule has 2 rings (SSSR count). The summed E-state index contributed by atoms with van der Waals surface area (Å²) in [6, 6.07) is 5.93. The van der Waals surface area contributed by atoms with Crippen molar-refractivity contribution in [1.82, 2.24) is 10.2 Å². The Morgan fingerprint density at radius 3 is 2.95 bits per heavy atom. The summed E-state index contributed by atoms with van der Waals surface area (Å²) >= 11 is 8.25. The van der Waals surface area contributed by atoms with Crippen molar-refractivity contribution in [2.75, 3.05) is 19.6 Å². The van der Waals surface area contributed by atoms with Crippen molar-refractivity contribution >= 4 is 40.1 Å². The number of benzene rings is 1. The average molecular weight is 393 g/mol. The predicted octanol–water partition coefficient (Wildman–Crippen LogP) is 3.16. The standard InChI is InChI=1S/C14H18ClIN2O/c1-2-18(9-11-4-3-7-17-11)14(19)10-5-6-13(16)12(15)8-10/h5-6,8,11,17H,2-4,7,9H2,1H3. The minimum atomic E-state index is 0.0644. The fourth-order valence-electron chi connectivity index (χ4n) is 2.35. The Bertz CT molecular complexity index is 461. The molecule has 1 amide bonds. The number of likely N-dealkylation sites (N-methyl/N-ethyl adjacent to an activating group) is 1. The van der Waals surface area contributed by atoms with E-state index in [0.29, 0.717) is 16.6 Å². The second-order valence-corrected chi connectivity index (χ2v) is 6.34. The zero-order chi connectivity index (χ0) is 13.8. The van der Waals surface area contributed by atoms with Crippen molar-refractivity contribution in [1.29, 1.82) is 0 Å². The third-order valence-corrected chi connectivity index (χ3v) is 5.01. The molecule has 0 spiro atoms. The Balaban J connectivity index is 2.08. The van der Waals surface area contributed by atoms with E-state index in [9.17, 15) is 4.79 Å². The van der Waals surface area contributed by atoms with E-state index in [2.05, 4.69) is 27.9 Å². The van der Waals surface area contributed by atoms with E-state index in [4.69, 9.17) is 11.6 Å². The number of amides is 1. The van der Waals surface area contributed by atoms with Gasteiger partial charge in [-0.3, -0.25) is 4.79 Å². The number of nitrogens with one attached hydrogen (secondary N) is 1. The highest BCUT2D eigenvalue weighted by Crippen LogP contribution is 2.20. The van der Waals surface area contributed by atoms with Crippen molar-refractivity contribution in [2.45, 2.75) is 25.8 Å². The number of hydrogen-bond donors (Lipinski definition) is 1. The maximum absolute atomic E-state index is 12.5. The van der Waals surface area contributed by atoms with Crippen LogP contribution in [0.5, 0.6) is 0 Å². The molecule has 0 radical (unpaired) electrons. The van der Waals surface area contributed by atoms with Crippen molar-refractivity contribution in [3.05, 3.63) is 32.4 Å². The molecule has 5 heteroatoms. The maximum Gasteiger partial charge on any atom is 0.253 e. The zero-order valence-electron chi connectivity index (χ0n) is 11.0. The fraction of sp³-hybridized carbons (Fsp3) is 0.500. The molecule has 1 atom stereocenters. The van der Waals surface area contributed by atoms with Gasteiger partial charge < -0.3 is 10.2 Å². The molecule has 0 aromatic heterocycles. The van der Waals surface area contributed by atoms with Crippen LogP contribution in [0.25, 0.3) is 0 Å². The number of rotatable bonds is 4. The van der Waals surface area contributed by atoms with E-state index in [1.807, 2.05) is 24.0 Å². The summed E-state index contributed by atoms with van der Waals surface area (Å²) in [4.78, 5) is 14.4. The average Bonchev–Trinajstić information content (AvgIpc) is 2.91. The Morgan fingerprint density at radius 1 is 1.58 bits per heavy atom. The lowest BCUT2D eigenvalue weighted by molar-refractivity contribution is 0.0751. The highest BCUT2D eigenvalue weighted by Gasteiger charge is 2.21. The number of carbonyl (C=O) groups is 1. The van der Waals surface area contributed by atoms with E-state index in [1.54, 1.807) is 6.07 Å². The summed E-state index contributed by atoms with van der Waals surface area (Å²) in [6.07, 6.45) is 2.35. The Hall–Kier alpha value is -0.330. The summed E-state index contributed by atoms with van der Waals surface area (Å²) < 4.78 is 0.969. The van der Waals surface area contributed by atoms with Crippen LogP contribution in [0.2, 0.25) is 5.02 Å². The Kier molecular flexibility index (Phi) is 5.47. The summed E-state index contributed by atoms with van der Waals surface area (Å²) in [5.41, 5.74) is 0.672. The fourth-order valence-corrected chi connectivity index (χ4v) is 2.86. The first-order valence-electron chi connectivity index (χ1n) is 6.59. The van der Waals surface area contributed by atoms with Crippen LogP contribution in [0.1, 0.15) is 30.1 Å². The molecule has 19 heavy (non-hydrogen) atoms. The first-order chi connectivity index (χ1) is 9.11. The van der Waals surface area contributed by atoms with Crippen LogP contribution in [0.3, 0.4) is 0 Å². The molecule has 1 aliphatic rings. The molecule has 1 aromatic carbocycles. The molecular formula is C14H18ClIN2O. The van der Waals surface area contributed by atoms with Crippen LogP contribution in [0, 0.1) is 3.57 Å². The van der Waals surface area contributed by atoms with Crippen molar-refractivity contribution < 1.29 is 4.79 Å². The van der Waals surface area contributed by atoms with Gasteiger partial charge in [0.1, 0.15) is 0 Å². The minimum absolute atomic E-state index is 0.0644. The van der Waals surface area contributed by atoms with Crippen LogP contribution in [0.4, 0.5) is 0 Å². The molecule has 0 aliphatic carbocycles. The lowest BCUT2D eigenvalue weighted by Gasteiger charge is -2.24.